The summed E-state index contributed by atoms with van der Waals surface area (Å²) in [6, 6.07) is 8.95. The van der Waals surface area contributed by atoms with Crippen molar-refractivity contribution >= 4 is 41.0 Å². The van der Waals surface area contributed by atoms with Gasteiger partial charge in [0.25, 0.3) is 0 Å². The van der Waals surface area contributed by atoms with Gasteiger partial charge in [-0.05, 0) is 36.4 Å². The molecule has 1 N–H and O–H groups in total. The van der Waals surface area contributed by atoms with Crippen LogP contribution in [-0.4, -0.2) is 46.9 Å². The number of nitrogens with one attached hydrogen (secondary N) is 1. The molecule has 1 aliphatic rings. The number of hydrogen-bond donors (Lipinski definition) is 1. The van der Waals surface area contributed by atoms with Crippen LogP contribution in [0.25, 0.3) is 0 Å². The number of ketones is 1. The van der Waals surface area contributed by atoms with E-state index in [2.05, 4.69) is 5.32 Å². The number of anilines is 1. The van der Waals surface area contributed by atoms with Crippen molar-refractivity contribution in [2.75, 3.05) is 17.7 Å². The summed E-state index contributed by atoms with van der Waals surface area (Å²) in [6.07, 6.45) is 1.51. The van der Waals surface area contributed by atoms with Crippen LogP contribution in [0.15, 0.2) is 47.1 Å². The number of esters is 1. The normalized spacial score (nSPS) is 18.3. The van der Waals surface area contributed by atoms with Gasteiger partial charge in [-0.15, -0.1) is 11.8 Å². The maximum absolute atomic E-state index is 12.5. The maximum atomic E-state index is 12.5. The van der Waals surface area contributed by atoms with E-state index in [0.717, 1.165) is 0 Å². The number of nitrogens with zero attached hydrogens (tertiary/aromatic N) is 1. The van der Waals surface area contributed by atoms with Crippen LogP contribution < -0.4 is 5.32 Å². The second-order valence-corrected chi connectivity index (χ2v) is 7.55. The molecule has 0 saturated carbocycles. The second kappa shape index (κ2) is 8.95. The zero-order valence-electron chi connectivity index (χ0n) is 15.9. The molecule has 8 nitrogen and oxygen atoms in total. The highest BCUT2D eigenvalue weighted by molar-refractivity contribution is 7.99. The van der Waals surface area contributed by atoms with Crippen LogP contribution >= 0.6 is 11.8 Å². The van der Waals surface area contributed by atoms with Crippen molar-refractivity contribution in [1.29, 1.82) is 0 Å². The lowest BCUT2D eigenvalue weighted by atomic mass is 10.1. The number of Topliss-reactive ketones (excluding diaryl/α,β-unsaturated/α-hetero) is 1. The Morgan fingerprint density at radius 1 is 1.17 bits per heavy atom. The Morgan fingerprint density at radius 3 is 2.48 bits per heavy atom. The molecule has 2 amide bonds. The molecule has 1 aliphatic heterocycles. The molecule has 0 radical (unpaired) electrons. The molecule has 1 aromatic heterocycles. The van der Waals surface area contributed by atoms with Crippen LogP contribution in [0, 0.1) is 0 Å². The number of rotatable bonds is 6. The molecule has 0 aliphatic carbocycles. The number of furan rings is 1. The van der Waals surface area contributed by atoms with Crippen molar-refractivity contribution in [3.63, 3.8) is 0 Å². The van der Waals surface area contributed by atoms with Crippen molar-refractivity contribution in [2.24, 2.45) is 0 Å². The van der Waals surface area contributed by atoms with Crippen molar-refractivity contribution in [1.82, 2.24) is 4.90 Å². The molecule has 1 aromatic carbocycles. The maximum Gasteiger partial charge on any atom is 0.330 e. The third-order valence-corrected chi connectivity index (χ3v) is 5.58. The summed E-state index contributed by atoms with van der Waals surface area (Å²) in [5.41, 5.74) is 0.916. The summed E-state index contributed by atoms with van der Waals surface area (Å²) < 4.78 is 10.6. The van der Waals surface area contributed by atoms with Crippen molar-refractivity contribution in [3.05, 3.63) is 54.0 Å². The smallest absolute Gasteiger partial charge is 0.330 e. The third-order valence-electron chi connectivity index (χ3n) is 4.30. The van der Waals surface area contributed by atoms with E-state index in [0.29, 0.717) is 22.8 Å². The first-order chi connectivity index (χ1) is 13.9. The molecule has 2 heterocycles. The molecular formula is C20H20N2O6S. The SMILES string of the molecule is CC(=O)Nc1ccc(C(=O)COC(=O)[C@H]2CS[C@@H](c3ccco3)N2C(C)=O)cc1. The first-order valence-electron chi connectivity index (χ1n) is 8.88. The summed E-state index contributed by atoms with van der Waals surface area (Å²) in [4.78, 5) is 49.4. The Kier molecular flexibility index (Phi) is 6.38. The average molecular weight is 416 g/mol. The molecular weight excluding hydrogens is 396 g/mol. The topological polar surface area (TPSA) is 106 Å². The van der Waals surface area contributed by atoms with Gasteiger partial charge in [-0.1, -0.05) is 0 Å². The Labute approximate surface area is 171 Å². The predicted molar refractivity (Wildman–Crippen MR) is 106 cm³/mol. The summed E-state index contributed by atoms with van der Waals surface area (Å²) >= 11 is 1.40. The average Bonchev–Trinajstić information content (AvgIpc) is 3.35. The Balaban J connectivity index is 1.60. The number of ether oxygens (including phenoxy) is 1. The predicted octanol–water partition coefficient (Wildman–Crippen LogP) is 2.63. The lowest BCUT2D eigenvalue weighted by Gasteiger charge is -2.25. The van der Waals surface area contributed by atoms with E-state index in [1.165, 1.54) is 36.8 Å². The molecule has 0 bridgehead atoms. The molecule has 0 unspecified atom stereocenters. The summed E-state index contributed by atoms with van der Waals surface area (Å²) in [5, 5.41) is 2.20. The molecule has 1 saturated heterocycles. The second-order valence-electron chi connectivity index (χ2n) is 6.43. The fraction of sp³-hybridized carbons (Fsp3) is 0.300. The van der Waals surface area contributed by atoms with E-state index in [1.807, 2.05) is 0 Å². The van der Waals surface area contributed by atoms with Crippen LogP contribution in [0.2, 0.25) is 0 Å². The van der Waals surface area contributed by atoms with Gasteiger partial charge >= 0.3 is 5.97 Å². The molecule has 0 spiro atoms. The highest BCUT2D eigenvalue weighted by atomic mass is 32.2. The largest absolute Gasteiger partial charge is 0.466 e. The van der Waals surface area contributed by atoms with E-state index in [1.54, 1.807) is 36.4 Å². The first-order valence-corrected chi connectivity index (χ1v) is 9.93. The quantitative estimate of drug-likeness (QED) is 0.570. The van der Waals surface area contributed by atoms with Gasteiger partial charge in [0.1, 0.15) is 17.2 Å². The zero-order valence-corrected chi connectivity index (χ0v) is 16.7. The number of carbonyl (C=O) groups is 4. The fourth-order valence-corrected chi connectivity index (χ4v) is 4.40. The van der Waals surface area contributed by atoms with Gasteiger partial charge in [-0.3, -0.25) is 14.4 Å². The Hall–Kier alpha value is -3.07. The minimum atomic E-state index is -0.789. The Morgan fingerprint density at radius 2 is 1.90 bits per heavy atom. The summed E-state index contributed by atoms with van der Waals surface area (Å²) in [5.74, 6) is -0.576. The number of benzene rings is 1. The van der Waals surface area contributed by atoms with Crippen LogP contribution in [-0.2, 0) is 19.1 Å². The van der Waals surface area contributed by atoms with Gasteiger partial charge in [-0.2, -0.15) is 0 Å². The third kappa shape index (κ3) is 4.86. The zero-order chi connectivity index (χ0) is 21.0. The van der Waals surface area contributed by atoms with Gasteiger partial charge in [0.2, 0.25) is 11.8 Å². The fourth-order valence-electron chi connectivity index (χ4n) is 2.98. The lowest BCUT2D eigenvalue weighted by Crippen LogP contribution is -2.43. The van der Waals surface area contributed by atoms with Crippen molar-refractivity contribution in [3.8, 4) is 0 Å². The molecule has 1 fully saturated rings. The van der Waals surface area contributed by atoms with Gasteiger partial charge < -0.3 is 19.4 Å². The van der Waals surface area contributed by atoms with Gasteiger partial charge in [0, 0.05) is 30.9 Å². The molecule has 3 rings (SSSR count). The molecule has 2 aromatic rings. The van der Waals surface area contributed by atoms with Gasteiger partial charge in [0.15, 0.2) is 12.4 Å². The highest BCUT2D eigenvalue weighted by Gasteiger charge is 2.43. The van der Waals surface area contributed by atoms with E-state index in [-0.39, 0.29) is 17.6 Å². The Bertz CT molecular complexity index is 910. The summed E-state index contributed by atoms with van der Waals surface area (Å²) in [7, 11) is 0. The molecule has 29 heavy (non-hydrogen) atoms. The van der Waals surface area contributed by atoms with E-state index < -0.39 is 24.0 Å². The van der Waals surface area contributed by atoms with Crippen molar-refractivity contribution in [2.45, 2.75) is 25.3 Å². The molecule has 9 heteroatoms. The number of hydrogen-bond acceptors (Lipinski definition) is 7. The minimum Gasteiger partial charge on any atom is -0.466 e. The van der Waals surface area contributed by atoms with E-state index in [4.69, 9.17) is 9.15 Å². The molecule has 2 atom stereocenters. The van der Waals surface area contributed by atoms with Crippen LogP contribution in [0.4, 0.5) is 5.69 Å². The van der Waals surface area contributed by atoms with Gasteiger partial charge in [-0.25, -0.2) is 4.79 Å². The number of carbonyl (C=O) groups excluding carboxylic acids is 4. The minimum absolute atomic E-state index is 0.213. The monoisotopic (exact) mass is 416 g/mol. The number of thioether (sulfide) groups is 1. The van der Waals surface area contributed by atoms with Crippen LogP contribution in [0.3, 0.4) is 0 Å². The standard InChI is InChI=1S/C20H20N2O6S/c1-12(23)21-15-7-5-14(6-8-15)17(25)10-28-20(26)16-11-29-19(22(16)13(2)24)18-4-3-9-27-18/h3-9,16,19H,10-11H2,1-2H3,(H,21,23)/t16-,19+/m1/s1. The van der Waals surface area contributed by atoms with E-state index >= 15 is 0 Å². The van der Waals surface area contributed by atoms with Gasteiger partial charge in [0.05, 0.1) is 6.26 Å². The highest BCUT2D eigenvalue weighted by Crippen LogP contribution is 2.41. The van der Waals surface area contributed by atoms with E-state index in [9.17, 15) is 19.2 Å². The lowest BCUT2D eigenvalue weighted by molar-refractivity contribution is -0.152. The molecule has 152 valence electrons. The first kappa shape index (κ1) is 20.7. The van der Waals surface area contributed by atoms with Crippen LogP contribution in [0.1, 0.15) is 35.3 Å². The van der Waals surface area contributed by atoms with Crippen LogP contribution in [0.5, 0.6) is 0 Å². The van der Waals surface area contributed by atoms with Crippen molar-refractivity contribution < 1.29 is 28.3 Å². The number of amides is 2. The summed E-state index contributed by atoms with van der Waals surface area (Å²) in [6.45, 7) is 2.33.